The fraction of sp³-hybridized carbons (Fsp3) is 0.818. The minimum atomic E-state index is -0.407. The van der Waals surface area contributed by atoms with E-state index >= 15 is 0 Å². The molecule has 1 atom stereocenters. The molecule has 1 N–H and O–H groups in total. The lowest BCUT2D eigenvalue weighted by Crippen LogP contribution is -2.09. The summed E-state index contributed by atoms with van der Waals surface area (Å²) in [5.41, 5.74) is 0. The molecule has 0 aromatic carbocycles. The van der Waals surface area contributed by atoms with Gasteiger partial charge in [0.05, 0.1) is 11.9 Å². The van der Waals surface area contributed by atoms with E-state index in [-0.39, 0.29) is 0 Å². The molecule has 0 aliphatic heterocycles. The average molecular weight is 339 g/mol. The highest BCUT2D eigenvalue weighted by atomic mass is 16.5. The van der Waals surface area contributed by atoms with E-state index in [1.54, 1.807) is 6.92 Å². The Morgan fingerprint density at radius 3 is 1.92 bits per heavy atom. The number of ether oxygens (including phenoxy) is 1. The lowest BCUT2D eigenvalue weighted by atomic mass is 10.1. The van der Waals surface area contributed by atoms with Crippen LogP contribution in [-0.2, 0) is 4.74 Å². The van der Waals surface area contributed by atoms with Crippen LogP contribution in [0.15, 0.2) is 24.5 Å². The summed E-state index contributed by atoms with van der Waals surface area (Å²) in [6, 6.07) is 0. The molecule has 0 fully saturated rings. The van der Waals surface area contributed by atoms with E-state index in [0.29, 0.717) is 6.61 Å². The van der Waals surface area contributed by atoms with E-state index in [2.05, 4.69) is 25.7 Å². The van der Waals surface area contributed by atoms with Gasteiger partial charge < -0.3 is 9.84 Å². The van der Waals surface area contributed by atoms with E-state index in [9.17, 15) is 0 Å². The molecule has 0 aromatic rings. The second kappa shape index (κ2) is 18.6. The number of aliphatic hydroxyl groups is 1. The van der Waals surface area contributed by atoms with E-state index < -0.39 is 6.10 Å². The Hall–Kier alpha value is -0.760. The van der Waals surface area contributed by atoms with E-state index in [1.807, 2.05) is 0 Å². The lowest BCUT2D eigenvalue weighted by Gasteiger charge is -2.10. The third-order valence-electron chi connectivity index (χ3n) is 4.25. The molecule has 0 saturated carbocycles. The van der Waals surface area contributed by atoms with Crippen molar-refractivity contribution in [1.29, 1.82) is 0 Å². The second-order valence-electron chi connectivity index (χ2n) is 7.03. The Morgan fingerprint density at radius 1 is 0.875 bits per heavy atom. The van der Waals surface area contributed by atoms with Crippen LogP contribution in [0, 0.1) is 0 Å². The second-order valence-corrected chi connectivity index (χ2v) is 7.03. The van der Waals surface area contributed by atoms with Crippen LogP contribution in [0.1, 0.15) is 104 Å². The fourth-order valence-electron chi connectivity index (χ4n) is 2.70. The summed E-state index contributed by atoms with van der Waals surface area (Å²) in [7, 11) is 0. The van der Waals surface area contributed by atoms with Crippen LogP contribution >= 0.6 is 0 Å². The molecule has 0 rings (SSSR count). The number of aliphatic hydroxyl groups excluding tert-OH is 1. The predicted molar refractivity (Wildman–Crippen MR) is 106 cm³/mol. The number of allylic oxidation sites excluding steroid dienone is 3. The maximum absolute atomic E-state index is 9.13. The van der Waals surface area contributed by atoms with Crippen LogP contribution in [0.4, 0.5) is 0 Å². The minimum Gasteiger partial charge on any atom is -0.496 e. The van der Waals surface area contributed by atoms with E-state index in [1.165, 1.54) is 77.0 Å². The highest BCUT2D eigenvalue weighted by Crippen LogP contribution is 2.12. The van der Waals surface area contributed by atoms with Gasteiger partial charge in [-0.2, -0.15) is 0 Å². The summed E-state index contributed by atoms with van der Waals surface area (Å²) >= 11 is 0. The molecule has 0 bridgehead atoms. The third-order valence-corrected chi connectivity index (χ3v) is 4.25. The summed E-state index contributed by atoms with van der Waals surface area (Å²) < 4.78 is 5.37. The van der Waals surface area contributed by atoms with Gasteiger partial charge in [0, 0.05) is 6.42 Å². The molecule has 0 heterocycles. The van der Waals surface area contributed by atoms with E-state index in [4.69, 9.17) is 9.84 Å². The first-order valence-corrected chi connectivity index (χ1v) is 10.3. The van der Waals surface area contributed by atoms with Gasteiger partial charge in [0.1, 0.15) is 6.61 Å². The van der Waals surface area contributed by atoms with Crippen LogP contribution in [0.2, 0.25) is 0 Å². The molecule has 2 nitrogen and oxygen atoms in total. The number of hydrogen-bond acceptors (Lipinski definition) is 2. The highest BCUT2D eigenvalue weighted by molar-refractivity contribution is 4.82. The van der Waals surface area contributed by atoms with Crippen molar-refractivity contribution in [2.45, 2.75) is 110 Å². The SMILES string of the molecule is C=C(CCCCCCC/C=C\CCCCCCCC)OCC(C)O. The first kappa shape index (κ1) is 23.2. The van der Waals surface area contributed by atoms with Gasteiger partial charge in [0.2, 0.25) is 0 Å². The summed E-state index contributed by atoms with van der Waals surface area (Å²) in [5, 5.41) is 9.13. The van der Waals surface area contributed by atoms with Gasteiger partial charge in [-0.05, 0) is 39.0 Å². The molecule has 0 radical (unpaired) electrons. The van der Waals surface area contributed by atoms with Crippen LogP contribution in [-0.4, -0.2) is 17.8 Å². The van der Waals surface area contributed by atoms with Crippen molar-refractivity contribution in [3.05, 3.63) is 24.5 Å². The van der Waals surface area contributed by atoms with Gasteiger partial charge in [-0.3, -0.25) is 0 Å². The Balaban J connectivity index is 3.19. The van der Waals surface area contributed by atoms with Crippen LogP contribution in [0.5, 0.6) is 0 Å². The Kier molecular flexibility index (Phi) is 18.0. The van der Waals surface area contributed by atoms with Crippen LogP contribution < -0.4 is 0 Å². The molecule has 0 saturated heterocycles. The minimum absolute atomic E-state index is 0.365. The van der Waals surface area contributed by atoms with Crippen LogP contribution in [0.25, 0.3) is 0 Å². The van der Waals surface area contributed by atoms with Crippen molar-refractivity contribution < 1.29 is 9.84 Å². The smallest absolute Gasteiger partial charge is 0.113 e. The Labute approximate surface area is 151 Å². The van der Waals surface area contributed by atoms with Gasteiger partial charge in [-0.1, -0.05) is 77.0 Å². The van der Waals surface area contributed by atoms with Crippen molar-refractivity contribution in [1.82, 2.24) is 0 Å². The number of rotatable bonds is 18. The largest absolute Gasteiger partial charge is 0.496 e. The van der Waals surface area contributed by atoms with Gasteiger partial charge in [0.15, 0.2) is 0 Å². The standard InChI is InChI=1S/C22H42O2/c1-4-5-6-7-8-9-10-11-12-13-14-15-16-17-18-19-22(3)24-20-21(2)23/h11-12,21,23H,3-10,13-20H2,1-2H3/b12-11-. The zero-order chi connectivity index (χ0) is 17.9. The molecule has 142 valence electrons. The topological polar surface area (TPSA) is 29.5 Å². The van der Waals surface area contributed by atoms with Crippen molar-refractivity contribution >= 4 is 0 Å². The van der Waals surface area contributed by atoms with Gasteiger partial charge in [-0.25, -0.2) is 0 Å². The van der Waals surface area contributed by atoms with Crippen LogP contribution in [0.3, 0.4) is 0 Å². The number of hydrogen-bond donors (Lipinski definition) is 1. The normalized spacial score (nSPS) is 12.6. The van der Waals surface area contributed by atoms with Gasteiger partial charge in [0.25, 0.3) is 0 Å². The van der Waals surface area contributed by atoms with Crippen molar-refractivity contribution in [2.75, 3.05) is 6.61 Å². The quantitative estimate of drug-likeness (QED) is 0.167. The molecule has 0 aromatic heterocycles. The maximum Gasteiger partial charge on any atom is 0.113 e. The molecule has 24 heavy (non-hydrogen) atoms. The zero-order valence-electron chi connectivity index (χ0n) is 16.4. The van der Waals surface area contributed by atoms with Crippen molar-refractivity contribution in [3.63, 3.8) is 0 Å². The summed E-state index contributed by atoms with van der Waals surface area (Å²) in [6.45, 7) is 8.26. The highest BCUT2D eigenvalue weighted by Gasteiger charge is 1.99. The van der Waals surface area contributed by atoms with Crippen molar-refractivity contribution in [2.24, 2.45) is 0 Å². The molecule has 0 spiro atoms. The zero-order valence-corrected chi connectivity index (χ0v) is 16.4. The lowest BCUT2D eigenvalue weighted by molar-refractivity contribution is 0.0804. The molecule has 0 amide bonds. The van der Waals surface area contributed by atoms with Gasteiger partial charge >= 0.3 is 0 Å². The number of unbranched alkanes of at least 4 members (excludes halogenated alkanes) is 11. The summed E-state index contributed by atoms with van der Waals surface area (Å²) in [4.78, 5) is 0. The molecular formula is C22H42O2. The molecule has 0 aliphatic rings. The summed E-state index contributed by atoms with van der Waals surface area (Å²) in [5.74, 6) is 0.813. The molecule has 1 unspecified atom stereocenters. The first-order valence-electron chi connectivity index (χ1n) is 10.3. The Morgan fingerprint density at radius 2 is 1.38 bits per heavy atom. The molecule has 0 aliphatic carbocycles. The third kappa shape index (κ3) is 19.3. The van der Waals surface area contributed by atoms with Crippen molar-refractivity contribution in [3.8, 4) is 0 Å². The maximum atomic E-state index is 9.13. The van der Waals surface area contributed by atoms with E-state index in [0.717, 1.165) is 18.6 Å². The Bertz CT molecular complexity index is 294. The fourth-order valence-corrected chi connectivity index (χ4v) is 2.70. The monoisotopic (exact) mass is 338 g/mol. The average Bonchev–Trinajstić information content (AvgIpc) is 2.56. The molecule has 2 heteroatoms. The molecular weight excluding hydrogens is 296 g/mol. The van der Waals surface area contributed by atoms with Gasteiger partial charge in [-0.15, -0.1) is 0 Å². The summed E-state index contributed by atoms with van der Waals surface area (Å²) in [6.07, 6.45) is 22.4. The predicted octanol–water partition coefficient (Wildman–Crippen LogP) is 6.94. The first-order chi connectivity index (χ1) is 11.7.